The Kier molecular flexibility index (Phi) is 2.93. The fourth-order valence-electron chi connectivity index (χ4n) is 2.89. The summed E-state index contributed by atoms with van der Waals surface area (Å²) in [5.74, 6) is 0.664. The summed E-state index contributed by atoms with van der Waals surface area (Å²) in [4.78, 5) is 4.45. The van der Waals surface area contributed by atoms with Gasteiger partial charge in [-0.3, -0.25) is 0 Å². The molecule has 0 fully saturated rings. The lowest BCUT2D eigenvalue weighted by Crippen LogP contribution is -2.30. The predicted molar refractivity (Wildman–Crippen MR) is 80.6 cm³/mol. The average molecular weight is 270 g/mol. The summed E-state index contributed by atoms with van der Waals surface area (Å²) >= 11 is 0. The topological polar surface area (TPSA) is 35.9 Å². The highest BCUT2D eigenvalue weighted by Gasteiger charge is 2.32. The monoisotopic (exact) mass is 270 g/mol. The van der Waals surface area contributed by atoms with E-state index >= 15 is 0 Å². The molecule has 1 heterocycles. The van der Waals surface area contributed by atoms with Crippen molar-refractivity contribution in [1.29, 1.82) is 0 Å². The summed E-state index contributed by atoms with van der Waals surface area (Å²) < 4.78 is 5.21. The molecule has 104 valence electrons. The van der Waals surface area contributed by atoms with E-state index in [2.05, 4.69) is 36.0 Å². The number of phenolic OH excluding ortho intramolecular Hbond substituents is 1. The van der Waals surface area contributed by atoms with Gasteiger partial charge in [0.15, 0.2) is 11.5 Å². The minimum absolute atomic E-state index is 0.0990. The van der Waals surface area contributed by atoms with E-state index in [0.717, 1.165) is 5.56 Å². The molecule has 0 aliphatic carbocycles. The molecular weight excluding hydrogens is 252 g/mol. The van der Waals surface area contributed by atoms with Crippen LogP contribution < -0.4 is 14.5 Å². The van der Waals surface area contributed by atoms with Crippen molar-refractivity contribution in [2.24, 2.45) is 0 Å². The number of hydrogen-bond donors (Lipinski definition) is 1. The number of phenols is 1. The SMILES string of the molecule is COc1cc(C2N(C)c3ccccc3N2C)ccc1O. The van der Waals surface area contributed by atoms with Gasteiger partial charge < -0.3 is 19.6 Å². The minimum atomic E-state index is 0.0990. The molecule has 1 aliphatic heterocycles. The molecule has 2 aromatic rings. The number of nitrogens with zero attached hydrogens (tertiary/aromatic N) is 2. The smallest absolute Gasteiger partial charge is 0.160 e. The average Bonchev–Trinajstić information content (AvgIpc) is 2.72. The number of anilines is 2. The Bertz CT molecular complexity index is 613. The maximum Gasteiger partial charge on any atom is 0.160 e. The molecule has 0 amide bonds. The zero-order valence-electron chi connectivity index (χ0n) is 11.9. The summed E-state index contributed by atoms with van der Waals surface area (Å²) in [6, 6.07) is 13.8. The van der Waals surface area contributed by atoms with Crippen LogP contribution in [-0.2, 0) is 0 Å². The summed E-state index contributed by atoms with van der Waals surface area (Å²) in [7, 11) is 5.72. The van der Waals surface area contributed by atoms with Crippen LogP contribution in [0, 0.1) is 0 Å². The summed E-state index contributed by atoms with van der Waals surface area (Å²) in [5, 5.41) is 9.73. The molecule has 0 spiro atoms. The molecule has 20 heavy (non-hydrogen) atoms. The van der Waals surface area contributed by atoms with E-state index in [-0.39, 0.29) is 11.9 Å². The largest absolute Gasteiger partial charge is 0.504 e. The van der Waals surface area contributed by atoms with Crippen LogP contribution in [0.3, 0.4) is 0 Å². The van der Waals surface area contributed by atoms with Gasteiger partial charge in [-0.1, -0.05) is 18.2 Å². The van der Waals surface area contributed by atoms with Crippen LogP contribution in [0.4, 0.5) is 11.4 Å². The summed E-state index contributed by atoms with van der Waals surface area (Å²) in [6.07, 6.45) is 0.0990. The molecule has 3 rings (SSSR count). The Morgan fingerprint density at radius 1 is 1.00 bits per heavy atom. The second-order valence-electron chi connectivity index (χ2n) is 5.02. The Labute approximate surface area is 118 Å². The number of rotatable bonds is 2. The molecule has 0 bridgehead atoms. The number of benzene rings is 2. The molecule has 4 nitrogen and oxygen atoms in total. The van der Waals surface area contributed by atoms with E-state index in [1.54, 1.807) is 13.2 Å². The minimum Gasteiger partial charge on any atom is -0.504 e. The Morgan fingerprint density at radius 3 is 2.15 bits per heavy atom. The summed E-state index contributed by atoms with van der Waals surface area (Å²) in [6.45, 7) is 0. The van der Waals surface area contributed by atoms with Crippen molar-refractivity contribution < 1.29 is 9.84 Å². The molecule has 4 heteroatoms. The van der Waals surface area contributed by atoms with Gasteiger partial charge in [0.05, 0.1) is 18.5 Å². The van der Waals surface area contributed by atoms with E-state index in [1.165, 1.54) is 11.4 Å². The van der Waals surface area contributed by atoms with Gasteiger partial charge in [0.2, 0.25) is 0 Å². The van der Waals surface area contributed by atoms with Crippen LogP contribution in [0.2, 0.25) is 0 Å². The second kappa shape index (κ2) is 4.63. The zero-order chi connectivity index (χ0) is 14.3. The molecule has 0 saturated carbocycles. The zero-order valence-corrected chi connectivity index (χ0v) is 11.9. The van der Waals surface area contributed by atoms with E-state index in [9.17, 15) is 5.11 Å². The van der Waals surface area contributed by atoms with Gasteiger partial charge in [0, 0.05) is 14.1 Å². The van der Waals surface area contributed by atoms with Crippen molar-refractivity contribution >= 4 is 11.4 Å². The predicted octanol–water partition coefficient (Wildman–Crippen LogP) is 2.99. The van der Waals surface area contributed by atoms with Crippen LogP contribution >= 0.6 is 0 Å². The number of ether oxygens (including phenoxy) is 1. The molecule has 0 radical (unpaired) electrons. The first-order chi connectivity index (χ1) is 9.63. The first kappa shape index (κ1) is 12.7. The maximum absolute atomic E-state index is 9.73. The number of aromatic hydroxyl groups is 1. The van der Waals surface area contributed by atoms with Gasteiger partial charge >= 0.3 is 0 Å². The Morgan fingerprint density at radius 2 is 1.60 bits per heavy atom. The maximum atomic E-state index is 9.73. The second-order valence-corrected chi connectivity index (χ2v) is 5.02. The molecule has 0 aromatic heterocycles. The van der Waals surface area contributed by atoms with Crippen molar-refractivity contribution in [3.8, 4) is 11.5 Å². The number of hydrogen-bond acceptors (Lipinski definition) is 4. The highest BCUT2D eigenvalue weighted by Crippen LogP contribution is 2.45. The third kappa shape index (κ3) is 1.76. The van der Waals surface area contributed by atoms with Crippen molar-refractivity contribution in [3.05, 3.63) is 48.0 Å². The number of para-hydroxylation sites is 2. The van der Waals surface area contributed by atoms with Crippen LogP contribution in [0.25, 0.3) is 0 Å². The Balaban J connectivity index is 2.04. The molecule has 0 unspecified atom stereocenters. The van der Waals surface area contributed by atoms with Gasteiger partial charge in [-0.05, 0) is 29.8 Å². The van der Waals surface area contributed by atoms with Gasteiger partial charge in [0.1, 0.15) is 6.17 Å². The van der Waals surface area contributed by atoms with E-state index in [0.29, 0.717) is 5.75 Å². The van der Waals surface area contributed by atoms with Gasteiger partial charge in [-0.25, -0.2) is 0 Å². The molecule has 0 atom stereocenters. The molecule has 1 aliphatic rings. The third-order valence-electron chi connectivity index (χ3n) is 3.88. The summed E-state index contributed by atoms with van der Waals surface area (Å²) in [5.41, 5.74) is 3.49. The van der Waals surface area contributed by atoms with Gasteiger partial charge in [0.25, 0.3) is 0 Å². The van der Waals surface area contributed by atoms with Crippen LogP contribution in [-0.4, -0.2) is 26.3 Å². The van der Waals surface area contributed by atoms with E-state index < -0.39 is 0 Å². The molecule has 2 aromatic carbocycles. The standard InChI is InChI=1S/C16H18N2O2/c1-17-12-6-4-5-7-13(12)18(2)16(17)11-8-9-14(19)15(10-11)20-3/h4-10,16,19H,1-3H3. The van der Waals surface area contributed by atoms with Gasteiger partial charge in [-0.2, -0.15) is 0 Å². The highest BCUT2D eigenvalue weighted by molar-refractivity contribution is 5.77. The van der Waals surface area contributed by atoms with Crippen molar-refractivity contribution in [3.63, 3.8) is 0 Å². The quantitative estimate of drug-likeness (QED) is 0.910. The molecule has 1 N–H and O–H groups in total. The molecule has 0 saturated heterocycles. The fourth-order valence-corrected chi connectivity index (χ4v) is 2.89. The van der Waals surface area contributed by atoms with Crippen molar-refractivity contribution in [2.45, 2.75) is 6.17 Å². The first-order valence-electron chi connectivity index (χ1n) is 6.55. The number of fused-ring (bicyclic) bond motifs is 1. The molecular formula is C16H18N2O2. The normalized spacial score (nSPS) is 14.6. The van der Waals surface area contributed by atoms with E-state index in [4.69, 9.17) is 4.74 Å². The lowest BCUT2D eigenvalue weighted by Gasteiger charge is -2.28. The van der Waals surface area contributed by atoms with Crippen molar-refractivity contribution in [2.75, 3.05) is 31.0 Å². The first-order valence-corrected chi connectivity index (χ1v) is 6.55. The Hall–Kier alpha value is -2.36. The fraction of sp³-hybridized carbons (Fsp3) is 0.250. The highest BCUT2D eigenvalue weighted by atomic mass is 16.5. The number of methoxy groups -OCH3 is 1. The lowest BCUT2D eigenvalue weighted by atomic mass is 10.1. The van der Waals surface area contributed by atoms with E-state index in [1.807, 2.05) is 24.3 Å². The van der Waals surface area contributed by atoms with Crippen LogP contribution in [0.1, 0.15) is 11.7 Å². The van der Waals surface area contributed by atoms with Crippen molar-refractivity contribution in [1.82, 2.24) is 0 Å². The lowest BCUT2D eigenvalue weighted by molar-refractivity contribution is 0.372. The van der Waals surface area contributed by atoms with Gasteiger partial charge in [-0.15, -0.1) is 0 Å². The third-order valence-corrected chi connectivity index (χ3v) is 3.88. The van der Waals surface area contributed by atoms with Crippen LogP contribution in [0.5, 0.6) is 11.5 Å². The van der Waals surface area contributed by atoms with Crippen LogP contribution in [0.15, 0.2) is 42.5 Å².